The molecule has 2 heterocycles. The zero-order valence-corrected chi connectivity index (χ0v) is 20.1. The predicted molar refractivity (Wildman–Crippen MR) is 131 cm³/mol. The van der Waals surface area contributed by atoms with Crippen LogP contribution >= 0.6 is 46.9 Å². The van der Waals surface area contributed by atoms with Crippen LogP contribution in [0.4, 0.5) is 5.69 Å². The summed E-state index contributed by atoms with van der Waals surface area (Å²) >= 11 is 7.34. The summed E-state index contributed by atoms with van der Waals surface area (Å²) in [4.78, 5) is 7.83. The standard InChI is InChI=1S/C20H27ClN4OS.HI/c1-3-22-20(24-13-17(26)18-8-9-19(21)27-18)23-12-14-6-7-16-15(11-14)5-4-10-25(16)2;/h6-9,11,17,26H,3-5,10,12-13H2,1-2H3,(H2,22,23,24);1H. The van der Waals surface area contributed by atoms with Crippen molar-refractivity contribution < 1.29 is 5.11 Å². The molecule has 0 fully saturated rings. The zero-order chi connectivity index (χ0) is 19.2. The Morgan fingerprint density at radius 1 is 1.32 bits per heavy atom. The molecule has 1 atom stereocenters. The Morgan fingerprint density at radius 3 is 2.86 bits per heavy atom. The van der Waals surface area contributed by atoms with E-state index in [1.54, 1.807) is 6.07 Å². The second-order valence-electron chi connectivity index (χ2n) is 6.72. The van der Waals surface area contributed by atoms with Gasteiger partial charge in [0, 0.05) is 37.2 Å². The van der Waals surface area contributed by atoms with E-state index in [9.17, 15) is 5.11 Å². The molecule has 1 aromatic carbocycles. The van der Waals surface area contributed by atoms with Gasteiger partial charge >= 0.3 is 0 Å². The second-order valence-corrected chi connectivity index (χ2v) is 8.47. The number of thiophene rings is 1. The van der Waals surface area contributed by atoms with Crippen molar-refractivity contribution in [3.63, 3.8) is 0 Å². The lowest BCUT2D eigenvalue weighted by molar-refractivity contribution is 0.184. The number of hydrogen-bond donors (Lipinski definition) is 3. The van der Waals surface area contributed by atoms with Crippen LogP contribution in [0.15, 0.2) is 35.3 Å². The highest BCUT2D eigenvalue weighted by molar-refractivity contribution is 14.0. The number of aliphatic hydroxyl groups excluding tert-OH is 1. The number of guanidine groups is 1. The summed E-state index contributed by atoms with van der Waals surface area (Å²) in [6.07, 6.45) is 1.72. The number of fused-ring (bicyclic) bond motifs is 1. The first kappa shape index (κ1) is 23.3. The Balaban J connectivity index is 0.00000280. The molecule has 3 N–H and O–H groups in total. The lowest BCUT2D eigenvalue weighted by Crippen LogP contribution is -2.39. The van der Waals surface area contributed by atoms with Gasteiger partial charge in [-0.15, -0.1) is 35.3 Å². The first-order valence-corrected chi connectivity index (χ1v) is 10.5. The van der Waals surface area contributed by atoms with E-state index in [-0.39, 0.29) is 24.0 Å². The van der Waals surface area contributed by atoms with Crippen molar-refractivity contribution in [2.24, 2.45) is 4.99 Å². The molecule has 1 aromatic heterocycles. The number of nitrogens with one attached hydrogen (secondary N) is 2. The van der Waals surface area contributed by atoms with Crippen LogP contribution in [-0.2, 0) is 13.0 Å². The minimum Gasteiger partial charge on any atom is -0.386 e. The third-order valence-corrected chi connectivity index (χ3v) is 5.98. The van der Waals surface area contributed by atoms with Gasteiger partial charge in [-0.3, -0.25) is 0 Å². The van der Waals surface area contributed by atoms with E-state index in [0.717, 1.165) is 24.4 Å². The number of aliphatic hydroxyl groups is 1. The maximum Gasteiger partial charge on any atom is 0.191 e. The molecule has 0 saturated carbocycles. The van der Waals surface area contributed by atoms with E-state index in [1.807, 2.05) is 13.0 Å². The molecule has 0 radical (unpaired) electrons. The van der Waals surface area contributed by atoms with Crippen LogP contribution in [0, 0.1) is 0 Å². The van der Waals surface area contributed by atoms with Crippen LogP contribution < -0.4 is 15.5 Å². The van der Waals surface area contributed by atoms with Gasteiger partial charge in [-0.25, -0.2) is 4.99 Å². The molecule has 8 heteroatoms. The van der Waals surface area contributed by atoms with E-state index >= 15 is 0 Å². The Morgan fingerprint density at radius 2 is 2.14 bits per heavy atom. The van der Waals surface area contributed by atoms with Gasteiger partial charge in [0.1, 0.15) is 6.10 Å². The lowest BCUT2D eigenvalue weighted by atomic mass is 10.00. The first-order chi connectivity index (χ1) is 13.1. The molecule has 2 aromatic rings. The highest BCUT2D eigenvalue weighted by Gasteiger charge is 2.14. The van der Waals surface area contributed by atoms with Gasteiger partial charge in [-0.05, 0) is 49.1 Å². The number of anilines is 1. The van der Waals surface area contributed by atoms with E-state index in [2.05, 4.69) is 45.8 Å². The molecule has 0 spiro atoms. The number of halogens is 2. The minimum absolute atomic E-state index is 0. The normalized spacial score (nSPS) is 14.9. The molecular weight excluding hydrogens is 507 g/mol. The molecule has 154 valence electrons. The maximum absolute atomic E-state index is 10.3. The summed E-state index contributed by atoms with van der Waals surface area (Å²) in [6, 6.07) is 10.3. The van der Waals surface area contributed by atoms with E-state index in [1.165, 1.54) is 34.6 Å². The lowest BCUT2D eigenvalue weighted by Gasteiger charge is -2.27. The molecule has 1 aliphatic heterocycles. The summed E-state index contributed by atoms with van der Waals surface area (Å²) < 4.78 is 0.683. The molecule has 0 amide bonds. The maximum atomic E-state index is 10.3. The number of rotatable bonds is 6. The molecule has 3 rings (SSSR count). The molecular formula is C20H28ClIN4OS. The van der Waals surface area contributed by atoms with Crippen LogP contribution in [0.3, 0.4) is 0 Å². The average molecular weight is 535 g/mol. The van der Waals surface area contributed by atoms with Gasteiger partial charge in [-0.2, -0.15) is 0 Å². The van der Waals surface area contributed by atoms with E-state index in [0.29, 0.717) is 23.4 Å². The number of benzene rings is 1. The van der Waals surface area contributed by atoms with Gasteiger partial charge in [-0.1, -0.05) is 23.7 Å². The smallest absolute Gasteiger partial charge is 0.191 e. The monoisotopic (exact) mass is 534 g/mol. The van der Waals surface area contributed by atoms with Crippen molar-refractivity contribution in [1.82, 2.24) is 10.6 Å². The van der Waals surface area contributed by atoms with Crippen molar-refractivity contribution >= 4 is 58.6 Å². The third kappa shape index (κ3) is 6.23. The molecule has 0 aliphatic carbocycles. The molecule has 28 heavy (non-hydrogen) atoms. The summed E-state index contributed by atoms with van der Waals surface area (Å²) in [5.74, 6) is 0.703. The SMILES string of the molecule is CCNC(=NCc1ccc2c(c1)CCCN2C)NCC(O)c1ccc(Cl)s1.I. The Labute approximate surface area is 193 Å². The first-order valence-electron chi connectivity index (χ1n) is 9.35. The number of aryl methyl sites for hydroxylation is 1. The fourth-order valence-corrected chi connectivity index (χ4v) is 4.30. The van der Waals surface area contributed by atoms with Crippen LogP contribution in [0.25, 0.3) is 0 Å². The van der Waals surface area contributed by atoms with Gasteiger partial charge in [0.25, 0.3) is 0 Å². The Bertz CT molecular complexity index is 798. The molecule has 0 bridgehead atoms. The quantitative estimate of drug-likeness (QED) is 0.296. The van der Waals surface area contributed by atoms with Crippen LogP contribution in [0.1, 0.15) is 35.5 Å². The highest BCUT2D eigenvalue weighted by atomic mass is 127. The van der Waals surface area contributed by atoms with Crippen LogP contribution in [0.5, 0.6) is 0 Å². The Hall–Kier alpha value is -1.03. The molecule has 5 nitrogen and oxygen atoms in total. The molecule has 1 unspecified atom stereocenters. The highest BCUT2D eigenvalue weighted by Crippen LogP contribution is 2.27. The van der Waals surface area contributed by atoms with Gasteiger partial charge in [0.05, 0.1) is 10.9 Å². The van der Waals surface area contributed by atoms with Gasteiger partial charge in [0.15, 0.2) is 5.96 Å². The van der Waals surface area contributed by atoms with E-state index in [4.69, 9.17) is 11.6 Å². The van der Waals surface area contributed by atoms with E-state index < -0.39 is 6.10 Å². The zero-order valence-electron chi connectivity index (χ0n) is 16.2. The van der Waals surface area contributed by atoms with Crippen molar-refractivity contribution in [1.29, 1.82) is 0 Å². The molecule has 1 aliphatic rings. The third-order valence-electron chi connectivity index (χ3n) is 4.64. The summed E-state index contributed by atoms with van der Waals surface area (Å²) in [6.45, 7) is 4.91. The average Bonchev–Trinajstić information content (AvgIpc) is 3.10. The largest absolute Gasteiger partial charge is 0.386 e. The Kier molecular flexibility index (Phi) is 9.33. The van der Waals surface area contributed by atoms with Crippen LogP contribution in [-0.4, -0.2) is 37.7 Å². The van der Waals surface area contributed by atoms with Crippen molar-refractivity contribution in [3.05, 3.63) is 50.7 Å². The predicted octanol–water partition coefficient (Wildman–Crippen LogP) is 4.19. The summed E-state index contributed by atoms with van der Waals surface area (Å²) in [5, 5.41) is 16.7. The van der Waals surface area contributed by atoms with Crippen LogP contribution in [0.2, 0.25) is 4.34 Å². The van der Waals surface area contributed by atoms with Gasteiger partial charge in [0.2, 0.25) is 0 Å². The number of aliphatic imine (C=N–C) groups is 1. The van der Waals surface area contributed by atoms with Gasteiger partial charge < -0.3 is 20.6 Å². The number of nitrogens with zero attached hydrogens (tertiary/aromatic N) is 2. The topological polar surface area (TPSA) is 59.9 Å². The van der Waals surface area contributed by atoms with Crippen molar-refractivity contribution in [2.75, 3.05) is 31.6 Å². The number of hydrogen-bond acceptors (Lipinski definition) is 4. The fourth-order valence-electron chi connectivity index (χ4n) is 3.25. The second kappa shape index (κ2) is 11.2. The van der Waals surface area contributed by atoms with Crippen molar-refractivity contribution in [3.8, 4) is 0 Å². The minimum atomic E-state index is -0.606. The fraction of sp³-hybridized carbons (Fsp3) is 0.450. The summed E-state index contributed by atoms with van der Waals surface area (Å²) in [7, 11) is 2.15. The van der Waals surface area contributed by atoms with Crippen molar-refractivity contribution in [2.45, 2.75) is 32.4 Å². The summed E-state index contributed by atoms with van der Waals surface area (Å²) in [5.41, 5.74) is 3.93. The molecule has 0 saturated heterocycles.